The van der Waals surface area contributed by atoms with Gasteiger partial charge in [0.25, 0.3) is 0 Å². The molecule has 1 aromatic carbocycles. The highest BCUT2D eigenvalue weighted by Crippen LogP contribution is 2.46. The first-order chi connectivity index (χ1) is 7.70. The van der Waals surface area contributed by atoms with Crippen LogP contribution in [0.5, 0.6) is 0 Å². The van der Waals surface area contributed by atoms with Crippen molar-refractivity contribution in [2.75, 3.05) is 13.6 Å². The number of rotatable bonds is 1. The zero-order valence-electron chi connectivity index (χ0n) is 9.76. The van der Waals surface area contributed by atoms with E-state index in [1.807, 2.05) is 18.2 Å². The van der Waals surface area contributed by atoms with Crippen LogP contribution in [0.15, 0.2) is 30.3 Å². The number of piperidine rings is 2. The number of benzene rings is 1. The van der Waals surface area contributed by atoms with Crippen LogP contribution < -0.4 is 0 Å². The fourth-order valence-electron chi connectivity index (χ4n) is 3.62. The second kappa shape index (κ2) is 3.57. The molecule has 4 rings (SSSR count). The number of hydrogen-bond donors (Lipinski definition) is 1. The predicted octanol–water partition coefficient (Wildman–Crippen LogP) is 1.99. The van der Waals surface area contributed by atoms with Crippen LogP contribution >= 0.6 is 0 Å². The summed E-state index contributed by atoms with van der Waals surface area (Å²) in [4.78, 5) is 2.34. The van der Waals surface area contributed by atoms with Crippen LogP contribution in [0.1, 0.15) is 24.8 Å². The summed E-state index contributed by atoms with van der Waals surface area (Å²) in [6, 6.07) is 10.5. The highest BCUT2D eigenvalue weighted by Gasteiger charge is 2.49. The maximum Gasteiger partial charge on any atom is 0.105 e. The Morgan fingerprint density at radius 1 is 1.25 bits per heavy atom. The van der Waals surface area contributed by atoms with Crippen LogP contribution in [-0.2, 0) is 5.60 Å². The van der Waals surface area contributed by atoms with Crippen molar-refractivity contribution in [2.45, 2.75) is 30.9 Å². The van der Waals surface area contributed by atoms with E-state index in [1.54, 1.807) is 0 Å². The molecular formula is C14H19NO. The van der Waals surface area contributed by atoms with Crippen molar-refractivity contribution < 1.29 is 5.11 Å². The Morgan fingerprint density at radius 3 is 2.62 bits per heavy atom. The van der Waals surface area contributed by atoms with Gasteiger partial charge in [0.15, 0.2) is 0 Å². The Bertz CT molecular complexity index is 378. The summed E-state index contributed by atoms with van der Waals surface area (Å²) in [6.07, 6.45) is 3.35. The van der Waals surface area contributed by atoms with Gasteiger partial charge in [-0.2, -0.15) is 0 Å². The molecule has 2 heterocycles. The van der Waals surface area contributed by atoms with Crippen LogP contribution in [0.3, 0.4) is 0 Å². The summed E-state index contributed by atoms with van der Waals surface area (Å²) in [5.41, 5.74) is 0.480. The van der Waals surface area contributed by atoms with Gasteiger partial charge in [-0.1, -0.05) is 30.3 Å². The van der Waals surface area contributed by atoms with Crippen molar-refractivity contribution in [1.82, 2.24) is 4.90 Å². The van der Waals surface area contributed by atoms with Crippen LogP contribution in [0, 0.1) is 5.92 Å². The van der Waals surface area contributed by atoms with E-state index in [1.165, 1.54) is 6.42 Å². The third-order valence-electron chi connectivity index (χ3n) is 4.35. The van der Waals surface area contributed by atoms with Gasteiger partial charge in [-0.25, -0.2) is 0 Å². The first kappa shape index (κ1) is 10.3. The molecule has 1 aromatic rings. The van der Waals surface area contributed by atoms with E-state index in [9.17, 15) is 5.11 Å². The standard InChI is InChI=1S/C14H19NO/c1-15-10-11-7-8-13(15)14(16,9-11)12-5-3-2-4-6-12/h2-6,11,13,16H,7-10H2,1H3/t11-,13+,14-/m0/s1. The van der Waals surface area contributed by atoms with E-state index in [2.05, 4.69) is 24.1 Å². The van der Waals surface area contributed by atoms with E-state index in [0.717, 1.165) is 24.9 Å². The fourth-order valence-corrected chi connectivity index (χ4v) is 3.62. The Hall–Kier alpha value is -0.860. The van der Waals surface area contributed by atoms with Crippen LogP contribution in [0.4, 0.5) is 0 Å². The molecule has 1 aliphatic carbocycles. The highest BCUT2D eigenvalue weighted by molar-refractivity contribution is 5.26. The van der Waals surface area contributed by atoms with Gasteiger partial charge in [-0.15, -0.1) is 0 Å². The normalized spacial score (nSPS) is 38.9. The third-order valence-corrected chi connectivity index (χ3v) is 4.35. The van der Waals surface area contributed by atoms with Gasteiger partial charge in [0.2, 0.25) is 0 Å². The van der Waals surface area contributed by atoms with Gasteiger partial charge in [-0.3, -0.25) is 4.90 Å². The molecule has 16 heavy (non-hydrogen) atoms. The second-order valence-corrected chi connectivity index (χ2v) is 5.39. The Balaban J connectivity index is 1.99. The van der Waals surface area contributed by atoms with Gasteiger partial charge >= 0.3 is 0 Å². The molecule has 3 atom stereocenters. The molecule has 0 spiro atoms. The van der Waals surface area contributed by atoms with Crippen molar-refractivity contribution in [3.8, 4) is 0 Å². The van der Waals surface area contributed by atoms with E-state index in [-0.39, 0.29) is 0 Å². The molecule has 2 saturated heterocycles. The number of fused-ring (bicyclic) bond motifs is 3. The van der Waals surface area contributed by atoms with E-state index in [0.29, 0.717) is 12.0 Å². The smallest absolute Gasteiger partial charge is 0.105 e. The molecule has 0 unspecified atom stereocenters. The highest BCUT2D eigenvalue weighted by atomic mass is 16.3. The molecule has 1 saturated carbocycles. The number of aliphatic hydroxyl groups is 1. The average molecular weight is 217 g/mol. The van der Waals surface area contributed by atoms with Gasteiger partial charge < -0.3 is 5.11 Å². The monoisotopic (exact) mass is 217 g/mol. The van der Waals surface area contributed by atoms with E-state index >= 15 is 0 Å². The van der Waals surface area contributed by atoms with Crippen LogP contribution in [-0.4, -0.2) is 29.6 Å². The fraction of sp³-hybridized carbons (Fsp3) is 0.571. The molecule has 2 heteroatoms. The average Bonchev–Trinajstić information content (AvgIpc) is 2.30. The molecule has 2 nitrogen and oxygen atoms in total. The Kier molecular flexibility index (Phi) is 2.30. The third kappa shape index (κ3) is 1.40. The molecule has 86 valence electrons. The van der Waals surface area contributed by atoms with Gasteiger partial charge in [-0.05, 0) is 37.8 Å². The lowest BCUT2D eigenvalue weighted by atomic mass is 9.67. The van der Waals surface area contributed by atoms with Gasteiger partial charge in [0, 0.05) is 12.6 Å². The molecule has 3 fully saturated rings. The zero-order valence-corrected chi connectivity index (χ0v) is 9.76. The maximum atomic E-state index is 11.0. The zero-order chi connectivity index (χ0) is 11.2. The first-order valence-corrected chi connectivity index (χ1v) is 6.18. The molecule has 0 aromatic heterocycles. The number of likely N-dealkylation sites (N-methyl/N-ethyl adjacent to an activating group) is 1. The predicted molar refractivity (Wildman–Crippen MR) is 64.1 cm³/mol. The van der Waals surface area contributed by atoms with Crippen molar-refractivity contribution in [3.63, 3.8) is 0 Å². The quantitative estimate of drug-likeness (QED) is 0.777. The molecule has 2 aliphatic heterocycles. The van der Waals surface area contributed by atoms with Crippen molar-refractivity contribution in [3.05, 3.63) is 35.9 Å². The topological polar surface area (TPSA) is 23.5 Å². The minimum absolute atomic E-state index is 0.305. The molecule has 2 bridgehead atoms. The van der Waals surface area contributed by atoms with E-state index in [4.69, 9.17) is 0 Å². The summed E-state index contributed by atoms with van der Waals surface area (Å²) in [6.45, 7) is 1.15. The lowest BCUT2D eigenvalue weighted by molar-refractivity contribution is -0.129. The summed E-state index contributed by atoms with van der Waals surface area (Å²) < 4.78 is 0. The maximum absolute atomic E-state index is 11.0. The SMILES string of the molecule is CN1C[C@H]2CC[C@@H]1[C@@](O)(c1ccccc1)C2. The summed E-state index contributed by atoms with van der Waals surface area (Å²) in [5, 5.41) is 11.0. The van der Waals surface area contributed by atoms with Crippen molar-refractivity contribution in [1.29, 1.82) is 0 Å². The summed E-state index contributed by atoms with van der Waals surface area (Å²) >= 11 is 0. The second-order valence-electron chi connectivity index (χ2n) is 5.39. The van der Waals surface area contributed by atoms with Gasteiger partial charge in [0.05, 0.1) is 0 Å². The van der Waals surface area contributed by atoms with Crippen molar-refractivity contribution >= 4 is 0 Å². The summed E-state index contributed by atoms with van der Waals surface area (Å²) in [5.74, 6) is 0.667. The van der Waals surface area contributed by atoms with E-state index < -0.39 is 5.60 Å². The Morgan fingerprint density at radius 2 is 2.00 bits per heavy atom. The van der Waals surface area contributed by atoms with Crippen molar-refractivity contribution in [2.24, 2.45) is 5.92 Å². The first-order valence-electron chi connectivity index (χ1n) is 6.18. The summed E-state index contributed by atoms with van der Waals surface area (Å²) in [7, 11) is 2.14. The largest absolute Gasteiger partial charge is 0.384 e. The molecule has 0 radical (unpaired) electrons. The minimum atomic E-state index is -0.614. The lowest BCUT2D eigenvalue weighted by Gasteiger charge is -2.53. The number of nitrogens with zero attached hydrogens (tertiary/aromatic N) is 1. The molecule has 1 N–H and O–H groups in total. The Labute approximate surface area is 96.9 Å². The number of hydrogen-bond acceptors (Lipinski definition) is 2. The lowest BCUT2D eigenvalue weighted by Crippen LogP contribution is -2.59. The molecule has 3 aliphatic rings. The minimum Gasteiger partial charge on any atom is -0.384 e. The van der Waals surface area contributed by atoms with Crippen LogP contribution in [0.2, 0.25) is 0 Å². The molecule has 0 amide bonds. The van der Waals surface area contributed by atoms with Gasteiger partial charge in [0.1, 0.15) is 5.60 Å². The molecular weight excluding hydrogens is 198 g/mol. The van der Waals surface area contributed by atoms with Crippen LogP contribution in [0.25, 0.3) is 0 Å².